The number of ether oxygens (including phenoxy) is 1. The molecule has 1 atom stereocenters. The summed E-state index contributed by atoms with van der Waals surface area (Å²) in [5.41, 5.74) is 10.2. The molecule has 0 fully saturated rings. The lowest BCUT2D eigenvalue weighted by atomic mass is 10.1. The van der Waals surface area contributed by atoms with E-state index in [0.29, 0.717) is 41.4 Å². The average Bonchev–Trinajstić information content (AvgIpc) is 3.35. The van der Waals surface area contributed by atoms with Gasteiger partial charge in [-0.3, -0.25) is 10.3 Å². The number of methoxy groups -OCH3 is 1. The van der Waals surface area contributed by atoms with E-state index in [-0.39, 0.29) is 18.4 Å². The third-order valence-corrected chi connectivity index (χ3v) is 6.44. The summed E-state index contributed by atoms with van der Waals surface area (Å²) in [7, 11) is -1.57. The van der Waals surface area contributed by atoms with Crippen molar-refractivity contribution in [2.45, 2.75) is 19.7 Å². The number of nitrogens with two attached hydrogens (primary N) is 1. The van der Waals surface area contributed by atoms with Crippen LogP contribution >= 0.6 is 7.82 Å². The lowest BCUT2D eigenvalue weighted by Crippen LogP contribution is -2.38. The molecule has 0 spiro atoms. The highest BCUT2D eigenvalue weighted by Gasteiger charge is 2.22. The molecular weight excluding hydrogens is 502 g/mol. The number of hydrogen-bond donors (Lipinski definition) is 3. The van der Waals surface area contributed by atoms with Crippen LogP contribution in [0, 0.1) is 5.82 Å². The number of hydrogen-bond acceptors (Lipinski definition) is 8. The van der Waals surface area contributed by atoms with Gasteiger partial charge in [0, 0.05) is 44.0 Å². The fourth-order valence-electron chi connectivity index (χ4n) is 3.57. The Balaban J connectivity index is 1.39. The van der Waals surface area contributed by atoms with Crippen molar-refractivity contribution >= 4 is 19.3 Å². The number of nitrogens with one attached hydrogen (secondary N) is 1. The van der Waals surface area contributed by atoms with Crippen molar-refractivity contribution in [3.63, 3.8) is 0 Å². The minimum atomic E-state index is -4.15. The summed E-state index contributed by atoms with van der Waals surface area (Å²) >= 11 is 0. The van der Waals surface area contributed by atoms with E-state index in [2.05, 4.69) is 15.0 Å². The lowest BCUT2D eigenvalue weighted by Gasteiger charge is -2.09. The zero-order valence-corrected chi connectivity index (χ0v) is 21.2. The van der Waals surface area contributed by atoms with E-state index in [1.54, 1.807) is 30.5 Å². The molecule has 10 nitrogen and oxygen atoms in total. The number of anilines is 2. The molecular formula is C25H27FN4O6P+. The third kappa shape index (κ3) is 6.93. The summed E-state index contributed by atoms with van der Waals surface area (Å²) < 4.78 is 46.6. The maximum atomic E-state index is 13.7. The molecule has 0 amide bonds. The number of nitrogen functional groups attached to an aromatic ring is 1. The molecule has 4 aromatic rings. The van der Waals surface area contributed by atoms with Gasteiger partial charge >= 0.3 is 7.82 Å². The van der Waals surface area contributed by atoms with E-state index >= 15 is 0 Å². The van der Waals surface area contributed by atoms with Crippen molar-refractivity contribution in [3.8, 4) is 17.1 Å². The second-order valence-electron chi connectivity index (χ2n) is 8.10. The quantitative estimate of drug-likeness (QED) is 0.192. The number of rotatable bonds is 11. The molecule has 4 N–H and O–H groups in total. The zero-order valence-electron chi connectivity index (χ0n) is 20.3. The van der Waals surface area contributed by atoms with Gasteiger partial charge in [0.15, 0.2) is 5.76 Å². The van der Waals surface area contributed by atoms with Crippen molar-refractivity contribution in [1.29, 1.82) is 0 Å². The van der Waals surface area contributed by atoms with Crippen LogP contribution in [0.25, 0.3) is 11.3 Å². The van der Waals surface area contributed by atoms with Gasteiger partial charge < -0.3 is 19.5 Å². The van der Waals surface area contributed by atoms with Crippen LogP contribution in [0.5, 0.6) is 5.75 Å². The van der Waals surface area contributed by atoms with E-state index in [9.17, 15) is 13.8 Å². The van der Waals surface area contributed by atoms with Crippen molar-refractivity contribution < 1.29 is 36.7 Å². The molecule has 1 unspecified atom stereocenters. The maximum Gasteiger partial charge on any atom is 0.475 e. The van der Waals surface area contributed by atoms with Crippen LogP contribution < -0.4 is 20.4 Å². The van der Waals surface area contributed by atoms with Gasteiger partial charge in [0.1, 0.15) is 17.1 Å². The standard InChI is InChI=1S/C25H26FN4O6P/c1-33-22-12-19(26)11-20(13-22)28-15-18-7-5-17(6-8-18)10-21-14-24(36-29-21)23-4-3-9-30(25(23)27)16-35-37(31,32)34-2/h3-9,11-14,27-28H,10,15-16H2,1-2H3,(H,31,32)/p+1. The molecule has 12 heteroatoms. The predicted octanol–water partition coefficient (Wildman–Crippen LogP) is 4.28. The first-order chi connectivity index (χ1) is 17.8. The Labute approximate surface area is 213 Å². The van der Waals surface area contributed by atoms with Crippen LogP contribution in [-0.4, -0.2) is 24.3 Å². The van der Waals surface area contributed by atoms with Crippen molar-refractivity contribution in [2.75, 3.05) is 25.3 Å². The summed E-state index contributed by atoms with van der Waals surface area (Å²) in [6, 6.07) is 17.7. The number of phosphoric ester groups is 1. The fraction of sp³-hybridized carbons (Fsp3) is 0.200. The van der Waals surface area contributed by atoms with Crippen LogP contribution in [0.3, 0.4) is 0 Å². The van der Waals surface area contributed by atoms with E-state index in [0.717, 1.165) is 18.2 Å². The molecule has 0 saturated carbocycles. The minimum absolute atomic E-state index is 0.272. The second-order valence-corrected chi connectivity index (χ2v) is 9.66. The first kappa shape index (κ1) is 26.3. The molecule has 0 aliphatic rings. The Hall–Kier alpha value is -3.76. The Kier molecular flexibility index (Phi) is 8.20. The van der Waals surface area contributed by atoms with Crippen LogP contribution in [0.15, 0.2) is 71.4 Å². The first-order valence-corrected chi connectivity index (χ1v) is 12.7. The lowest BCUT2D eigenvalue weighted by molar-refractivity contribution is -0.711. The molecule has 0 radical (unpaired) electrons. The Morgan fingerprint density at radius 2 is 1.89 bits per heavy atom. The number of halogens is 1. The number of phosphoric acid groups is 1. The Bertz CT molecular complexity index is 1410. The summed E-state index contributed by atoms with van der Waals surface area (Å²) in [5, 5.41) is 7.34. The Morgan fingerprint density at radius 3 is 2.62 bits per heavy atom. The van der Waals surface area contributed by atoms with Gasteiger partial charge in [-0.2, -0.15) is 0 Å². The fourth-order valence-corrected chi connectivity index (χ4v) is 3.94. The molecule has 2 aromatic heterocycles. The average molecular weight is 529 g/mol. The Morgan fingerprint density at radius 1 is 1.14 bits per heavy atom. The first-order valence-electron chi connectivity index (χ1n) is 11.2. The summed E-state index contributed by atoms with van der Waals surface area (Å²) in [5.74, 6) is 0.806. The normalized spacial score (nSPS) is 12.8. The SMILES string of the molecule is COc1cc(F)cc(NCc2ccc(Cc3cc(-c4ccc[n+](COP(=O)(O)OC)c4N)on3)cc2)c1. The largest absolute Gasteiger partial charge is 0.497 e. The topological polar surface area (TPSA) is 133 Å². The molecule has 0 bridgehead atoms. The van der Waals surface area contributed by atoms with Crippen molar-refractivity contribution in [2.24, 2.45) is 0 Å². The summed E-state index contributed by atoms with van der Waals surface area (Å²) in [4.78, 5) is 9.44. The highest BCUT2D eigenvalue weighted by molar-refractivity contribution is 7.47. The highest BCUT2D eigenvalue weighted by atomic mass is 31.2. The third-order valence-electron chi connectivity index (χ3n) is 5.54. The van der Waals surface area contributed by atoms with Gasteiger partial charge in [-0.1, -0.05) is 29.4 Å². The van der Waals surface area contributed by atoms with E-state index in [1.165, 1.54) is 23.8 Å². The van der Waals surface area contributed by atoms with E-state index < -0.39 is 7.82 Å². The molecule has 194 valence electrons. The number of benzene rings is 2. The molecule has 4 rings (SSSR count). The zero-order chi connectivity index (χ0) is 26.4. The van der Waals surface area contributed by atoms with Crippen LogP contribution in [0.2, 0.25) is 0 Å². The smallest absolute Gasteiger partial charge is 0.475 e. The van der Waals surface area contributed by atoms with Crippen molar-refractivity contribution in [1.82, 2.24) is 5.16 Å². The van der Waals surface area contributed by atoms with Crippen LogP contribution in [0.1, 0.15) is 16.8 Å². The van der Waals surface area contributed by atoms with Gasteiger partial charge in [0.25, 0.3) is 5.82 Å². The summed E-state index contributed by atoms with van der Waals surface area (Å²) in [6.07, 6.45) is 2.14. The van der Waals surface area contributed by atoms with Crippen LogP contribution in [-0.2, 0) is 33.3 Å². The highest BCUT2D eigenvalue weighted by Crippen LogP contribution is 2.41. The van der Waals surface area contributed by atoms with Crippen LogP contribution in [0.4, 0.5) is 15.9 Å². The monoisotopic (exact) mass is 529 g/mol. The van der Waals surface area contributed by atoms with Crippen molar-refractivity contribution in [3.05, 3.63) is 89.5 Å². The molecule has 0 saturated heterocycles. The van der Waals surface area contributed by atoms with Gasteiger partial charge in [0.05, 0.1) is 19.0 Å². The van der Waals surface area contributed by atoms with E-state index in [4.69, 9.17) is 19.5 Å². The van der Waals surface area contributed by atoms with Gasteiger partial charge in [0.2, 0.25) is 6.73 Å². The minimum Gasteiger partial charge on any atom is -0.497 e. The second kappa shape index (κ2) is 11.5. The maximum absolute atomic E-state index is 13.7. The number of pyridine rings is 1. The molecule has 0 aliphatic heterocycles. The summed E-state index contributed by atoms with van der Waals surface area (Å²) in [6.45, 7) is 0.240. The molecule has 0 aliphatic carbocycles. The van der Waals surface area contributed by atoms with Gasteiger partial charge in [-0.15, -0.1) is 0 Å². The number of nitrogens with zero attached hydrogens (tertiary/aromatic N) is 2. The molecule has 2 aromatic carbocycles. The van der Waals surface area contributed by atoms with Gasteiger partial charge in [-0.05, 0) is 29.3 Å². The number of aromatic nitrogens is 2. The van der Waals surface area contributed by atoms with Gasteiger partial charge in [-0.25, -0.2) is 18.0 Å². The van der Waals surface area contributed by atoms with E-state index in [1.807, 2.05) is 24.3 Å². The predicted molar refractivity (Wildman–Crippen MR) is 134 cm³/mol. The molecule has 37 heavy (non-hydrogen) atoms. The molecule has 2 heterocycles.